The SMILES string of the molecule is COc1cc(-c2ccc3nc(Nc4cc(CN5CCN(C)CC5)ccn4)[nH]c3c2)ccn1. The first-order valence-electron chi connectivity index (χ1n) is 10.8. The Morgan fingerprint density at radius 3 is 2.62 bits per heavy atom. The first-order chi connectivity index (χ1) is 15.7. The highest BCUT2D eigenvalue weighted by molar-refractivity contribution is 5.84. The number of nitrogens with one attached hydrogen (secondary N) is 2. The molecule has 1 saturated heterocycles. The van der Waals surface area contributed by atoms with Gasteiger partial charge in [0, 0.05) is 51.2 Å². The maximum Gasteiger partial charge on any atom is 0.213 e. The van der Waals surface area contributed by atoms with Crippen LogP contribution < -0.4 is 10.1 Å². The second-order valence-corrected chi connectivity index (χ2v) is 8.16. The van der Waals surface area contributed by atoms with Crippen LogP contribution in [0.4, 0.5) is 11.8 Å². The Kier molecular flexibility index (Phi) is 5.70. The molecule has 1 aliphatic heterocycles. The van der Waals surface area contributed by atoms with Crippen LogP contribution in [0.3, 0.4) is 0 Å². The van der Waals surface area contributed by atoms with Gasteiger partial charge in [-0.05, 0) is 54.1 Å². The van der Waals surface area contributed by atoms with E-state index in [0.717, 1.165) is 60.7 Å². The third kappa shape index (κ3) is 4.56. The molecule has 0 unspecified atom stereocenters. The van der Waals surface area contributed by atoms with Gasteiger partial charge >= 0.3 is 0 Å². The Balaban J connectivity index is 1.32. The van der Waals surface area contributed by atoms with Crippen LogP contribution in [-0.2, 0) is 6.54 Å². The lowest BCUT2D eigenvalue weighted by Crippen LogP contribution is -2.43. The van der Waals surface area contributed by atoms with Crippen molar-refractivity contribution in [3.8, 4) is 17.0 Å². The second kappa shape index (κ2) is 8.94. The number of likely N-dealkylation sites (N-methyl/N-ethyl adjacent to an activating group) is 1. The molecule has 0 saturated carbocycles. The van der Waals surface area contributed by atoms with Crippen molar-refractivity contribution in [2.24, 2.45) is 0 Å². The van der Waals surface area contributed by atoms with Crippen LogP contribution in [-0.4, -0.2) is 70.1 Å². The number of nitrogens with zero attached hydrogens (tertiary/aromatic N) is 5. The third-order valence-corrected chi connectivity index (χ3v) is 5.83. The topological polar surface area (TPSA) is 82.2 Å². The van der Waals surface area contributed by atoms with Crippen molar-refractivity contribution in [1.29, 1.82) is 0 Å². The average Bonchev–Trinajstić information content (AvgIpc) is 3.22. The molecule has 0 atom stereocenters. The van der Waals surface area contributed by atoms with Crippen molar-refractivity contribution in [3.63, 3.8) is 0 Å². The molecule has 164 valence electrons. The minimum atomic E-state index is 0.595. The van der Waals surface area contributed by atoms with Gasteiger partial charge < -0.3 is 19.9 Å². The molecular weight excluding hydrogens is 402 g/mol. The van der Waals surface area contributed by atoms with Gasteiger partial charge in [0.05, 0.1) is 18.1 Å². The number of methoxy groups -OCH3 is 1. The molecule has 0 spiro atoms. The summed E-state index contributed by atoms with van der Waals surface area (Å²) in [5, 5.41) is 3.32. The van der Waals surface area contributed by atoms with E-state index in [-0.39, 0.29) is 0 Å². The third-order valence-electron chi connectivity index (χ3n) is 5.83. The van der Waals surface area contributed by atoms with Crippen molar-refractivity contribution < 1.29 is 4.74 Å². The minimum Gasteiger partial charge on any atom is -0.481 e. The molecule has 1 aromatic carbocycles. The highest BCUT2D eigenvalue weighted by Crippen LogP contribution is 2.26. The van der Waals surface area contributed by atoms with Gasteiger partial charge in [-0.1, -0.05) is 6.07 Å². The van der Waals surface area contributed by atoms with Crippen LogP contribution in [0.5, 0.6) is 5.88 Å². The van der Waals surface area contributed by atoms with Crippen LogP contribution in [0.25, 0.3) is 22.2 Å². The standard InChI is InChI=1S/C24H27N7O/c1-30-9-11-31(12-10-30)16-17-5-7-25-22(13-17)29-24-27-20-4-3-18(14-21(20)28-24)19-6-8-26-23(15-19)32-2/h3-8,13-15H,9-12,16H2,1-2H3,(H2,25,27,28,29). The summed E-state index contributed by atoms with van der Waals surface area (Å²) in [5.74, 6) is 2.06. The number of hydrogen-bond acceptors (Lipinski definition) is 7. The number of pyridine rings is 2. The molecule has 8 heteroatoms. The van der Waals surface area contributed by atoms with E-state index in [2.05, 4.69) is 66.4 Å². The van der Waals surface area contributed by atoms with Crippen LogP contribution in [0.2, 0.25) is 0 Å². The highest BCUT2D eigenvalue weighted by atomic mass is 16.5. The van der Waals surface area contributed by atoms with E-state index in [1.54, 1.807) is 13.3 Å². The summed E-state index contributed by atoms with van der Waals surface area (Å²) in [6, 6.07) is 14.2. The number of aromatic nitrogens is 4. The van der Waals surface area contributed by atoms with E-state index < -0.39 is 0 Å². The number of aromatic amines is 1. The number of piperazine rings is 1. The van der Waals surface area contributed by atoms with Gasteiger partial charge in [-0.25, -0.2) is 15.0 Å². The van der Waals surface area contributed by atoms with Crippen molar-refractivity contribution in [2.45, 2.75) is 6.54 Å². The number of H-pyrrole nitrogens is 1. The Bertz CT molecular complexity index is 1210. The highest BCUT2D eigenvalue weighted by Gasteiger charge is 2.14. The lowest BCUT2D eigenvalue weighted by molar-refractivity contribution is 0.148. The molecule has 0 amide bonds. The summed E-state index contributed by atoms with van der Waals surface area (Å²) < 4.78 is 5.24. The number of benzene rings is 1. The number of hydrogen-bond donors (Lipinski definition) is 2. The molecule has 8 nitrogen and oxygen atoms in total. The molecule has 1 fully saturated rings. The number of rotatable bonds is 6. The monoisotopic (exact) mass is 429 g/mol. The summed E-state index contributed by atoms with van der Waals surface area (Å²) in [7, 11) is 3.80. The fourth-order valence-electron chi connectivity index (χ4n) is 3.98. The zero-order valence-corrected chi connectivity index (χ0v) is 18.4. The quantitative estimate of drug-likeness (QED) is 0.485. The molecule has 0 aliphatic carbocycles. The molecule has 2 N–H and O–H groups in total. The maximum absolute atomic E-state index is 5.24. The molecule has 0 radical (unpaired) electrons. The molecule has 4 heterocycles. The first-order valence-corrected chi connectivity index (χ1v) is 10.8. The van der Waals surface area contributed by atoms with Crippen LogP contribution in [0.15, 0.2) is 54.9 Å². The molecular formula is C24H27N7O. The number of imidazole rings is 1. The predicted molar refractivity (Wildman–Crippen MR) is 126 cm³/mol. The minimum absolute atomic E-state index is 0.595. The Morgan fingerprint density at radius 2 is 1.78 bits per heavy atom. The van der Waals surface area contributed by atoms with E-state index in [1.807, 2.05) is 24.4 Å². The first kappa shape index (κ1) is 20.4. The summed E-state index contributed by atoms with van der Waals surface area (Å²) in [5.41, 5.74) is 5.21. The molecule has 5 rings (SSSR count). The normalized spacial score (nSPS) is 15.2. The fourth-order valence-corrected chi connectivity index (χ4v) is 3.98. The smallest absolute Gasteiger partial charge is 0.213 e. The van der Waals surface area contributed by atoms with Gasteiger partial charge in [0.1, 0.15) is 5.82 Å². The van der Waals surface area contributed by atoms with Crippen molar-refractivity contribution in [1.82, 2.24) is 29.7 Å². The number of anilines is 2. The second-order valence-electron chi connectivity index (χ2n) is 8.16. The average molecular weight is 430 g/mol. The lowest BCUT2D eigenvalue weighted by Gasteiger charge is -2.32. The number of fused-ring (bicyclic) bond motifs is 1. The van der Waals surface area contributed by atoms with Crippen molar-refractivity contribution in [2.75, 3.05) is 45.7 Å². The zero-order valence-electron chi connectivity index (χ0n) is 18.4. The predicted octanol–water partition coefficient (Wildman–Crippen LogP) is 3.52. The van der Waals surface area contributed by atoms with Gasteiger partial charge in [0.2, 0.25) is 11.8 Å². The van der Waals surface area contributed by atoms with Gasteiger partial charge in [-0.2, -0.15) is 0 Å². The van der Waals surface area contributed by atoms with Gasteiger partial charge in [0.15, 0.2) is 0 Å². The van der Waals surface area contributed by atoms with Crippen LogP contribution >= 0.6 is 0 Å². The fraction of sp³-hybridized carbons (Fsp3) is 0.292. The molecule has 0 bridgehead atoms. The molecule has 32 heavy (non-hydrogen) atoms. The molecule has 1 aliphatic rings. The van der Waals surface area contributed by atoms with E-state index in [9.17, 15) is 0 Å². The largest absolute Gasteiger partial charge is 0.481 e. The van der Waals surface area contributed by atoms with Gasteiger partial charge in [-0.15, -0.1) is 0 Å². The Morgan fingerprint density at radius 1 is 0.969 bits per heavy atom. The summed E-state index contributed by atoms with van der Waals surface area (Å²) in [6.45, 7) is 5.35. The van der Waals surface area contributed by atoms with Gasteiger partial charge in [-0.3, -0.25) is 4.90 Å². The summed E-state index contributed by atoms with van der Waals surface area (Å²) >= 11 is 0. The van der Waals surface area contributed by atoms with E-state index >= 15 is 0 Å². The van der Waals surface area contributed by atoms with E-state index in [1.165, 1.54) is 5.56 Å². The zero-order chi connectivity index (χ0) is 21.9. The summed E-state index contributed by atoms with van der Waals surface area (Å²) in [4.78, 5) is 21.5. The Hall–Kier alpha value is -3.49. The maximum atomic E-state index is 5.24. The molecule has 4 aromatic rings. The summed E-state index contributed by atoms with van der Waals surface area (Å²) in [6.07, 6.45) is 3.60. The van der Waals surface area contributed by atoms with E-state index in [4.69, 9.17) is 4.74 Å². The lowest BCUT2D eigenvalue weighted by atomic mass is 10.1. The van der Waals surface area contributed by atoms with E-state index in [0.29, 0.717) is 11.8 Å². The number of ether oxygens (including phenoxy) is 1. The van der Waals surface area contributed by atoms with Crippen LogP contribution in [0.1, 0.15) is 5.56 Å². The van der Waals surface area contributed by atoms with Crippen molar-refractivity contribution in [3.05, 3.63) is 60.4 Å². The molecule has 3 aromatic heterocycles. The van der Waals surface area contributed by atoms with Crippen molar-refractivity contribution >= 4 is 22.8 Å². The van der Waals surface area contributed by atoms with Gasteiger partial charge in [0.25, 0.3) is 0 Å². The Labute approximate surface area is 187 Å². The van der Waals surface area contributed by atoms with Crippen LogP contribution in [0, 0.1) is 0 Å².